The van der Waals surface area contributed by atoms with Crippen LogP contribution < -0.4 is 20.6 Å². The van der Waals surface area contributed by atoms with Crippen molar-refractivity contribution < 1.29 is 18.0 Å². The first-order chi connectivity index (χ1) is 15.2. The smallest absolute Gasteiger partial charge is 0.331 e. The zero-order valence-electron chi connectivity index (χ0n) is 18.9. The van der Waals surface area contributed by atoms with Crippen molar-refractivity contribution in [2.24, 2.45) is 5.73 Å². The van der Waals surface area contributed by atoms with Gasteiger partial charge >= 0.3 is 16.2 Å². The number of nitrogens with one attached hydrogen (secondary N) is 3. The number of hydrogen-bond acceptors (Lipinski definition) is 4. The van der Waals surface area contributed by atoms with Crippen LogP contribution in [0.1, 0.15) is 70.8 Å². The number of para-hydroxylation sites is 1. The monoisotopic (exact) mass is 465 g/mol. The third-order valence-electron chi connectivity index (χ3n) is 5.24. The van der Waals surface area contributed by atoms with E-state index in [0.717, 1.165) is 42.1 Å². The number of unbranched alkanes of at least 4 members (excludes halogenated alkanes) is 5. The lowest BCUT2D eigenvalue weighted by molar-refractivity contribution is -0.119. The molecule has 0 spiro atoms. The van der Waals surface area contributed by atoms with Gasteiger partial charge in [0.15, 0.2) is 0 Å². The van der Waals surface area contributed by atoms with E-state index < -0.39 is 22.1 Å². The van der Waals surface area contributed by atoms with Crippen LogP contribution in [0.4, 0.5) is 4.79 Å². The Kier molecular flexibility index (Phi) is 9.98. The van der Waals surface area contributed by atoms with Crippen LogP contribution in [0.2, 0.25) is 0 Å². The lowest BCUT2D eigenvalue weighted by Crippen LogP contribution is -2.44. The molecule has 0 radical (unpaired) electrons. The van der Waals surface area contributed by atoms with E-state index in [1.807, 2.05) is 24.3 Å². The van der Waals surface area contributed by atoms with E-state index >= 15 is 0 Å². The van der Waals surface area contributed by atoms with Gasteiger partial charge in [-0.2, -0.15) is 13.1 Å². The number of carbonyl (C=O) groups excluding carboxylic acids is 2. The van der Waals surface area contributed by atoms with Crippen molar-refractivity contribution in [1.29, 1.82) is 0 Å². The van der Waals surface area contributed by atoms with E-state index in [1.165, 1.54) is 23.9 Å². The van der Waals surface area contributed by atoms with Crippen LogP contribution in [0.5, 0.6) is 0 Å². The van der Waals surface area contributed by atoms with Gasteiger partial charge < -0.3 is 5.73 Å². The van der Waals surface area contributed by atoms with E-state index in [1.54, 1.807) is 13.1 Å². The van der Waals surface area contributed by atoms with Crippen molar-refractivity contribution in [3.63, 3.8) is 0 Å². The zero-order chi connectivity index (χ0) is 23.6. The number of amides is 3. The second-order valence-electron chi connectivity index (χ2n) is 8.12. The Morgan fingerprint density at radius 1 is 1.09 bits per heavy atom. The molecule has 9 nitrogen and oxygen atoms in total. The Labute approximate surface area is 190 Å². The average molecular weight is 466 g/mol. The van der Waals surface area contributed by atoms with Crippen LogP contribution in [0, 0.1) is 0 Å². The van der Waals surface area contributed by atoms with Gasteiger partial charge in [-0.1, -0.05) is 63.6 Å². The normalized spacial score (nSPS) is 12.6. The molecule has 0 saturated heterocycles. The van der Waals surface area contributed by atoms with Crippen LogP contribution >= 0.6 is 0 Å². The first-order valence-electron chi connectivity index (χ1n) is 11.2. The highest BCUT2D eigenvalue weighted by molar-refractivity contribution is 7.88. The summed E-state index contributed by atoms with van der Waals surface area (Å²) in [5.74, 6) is -0.594. The highest BCUT2D eigenvalue weighted by atomic mass is 32.2. The molecule has 2 aromatic rings. The minimum atomic E-state index is -3.92. The molecule has 1 aromatic heterocycles. The van der Waals surface area contributed by atoms with Crippen LogP contribution in [0.25, 0.3) is 10.9 Å². The Morgan fingerprint density at radius 3 is 2.50 bits per heavy atom. The van der Waals surface area contributed by atoms with E-state index in [-0.39, 0.29) is 12.5 Å². The van der Waals surface area contributed by atoms with Crippen molar-refractivity contribution in [2.75, 3.05) is 5.43 Å². The summed E-state index contributed by atoms with van der Waals surface area (Å²) in [6, 6.07) is 6.40. The number of carbonyl (C=O) groups is 2. The third kappa shape index (κ3) is 8.51. The summed E-state index contributed by atoms with van der Waals surface area (Å²) >= 11 is 0. The van der Waals surface area contributed by atoms with Crippen molar-refractivity contribution >= 4 is 33.1 Å². The number of aryl methyl sites for hydroxylation is 1. The minimum absolute atomic E-state index is 0.0166. The van der Waals surface area contributed by atoms with E-state index in [2.05, 4.69) is 21.8 Å². The fourth-order valence-electron chi connectivity index (χ4n) is 3.69. The molecule has 32 heavy (non-hydrogen) atoms. The van der Waals surface area contributed by atoms with E-state index in [4.69, 9.17) is 5.73 Å². The molecule has 3 amide bonds. The van der Waals surface area contributed by atoms with E-state index in [9.17, 15) is 18.0 Å². The largest absolute Gasteiger partial charge is 0.350 e. The summed E-state index contributed by atoms with van der Waals surface area (Å²) in [5.41, 5.74) is 9.23. The van der Waals surface area contributed by atoms with Crippen LogP contribution in [0.15, 0.2) is 30.5 Å². The Morgan fingerprint density at radius 2 is 1.78 bits per heavy atom. The predicted molar refractivity (Wildman–Crippen MR) is 127 cm³/mol. The number of rotatable bonds is 14. The van der Waals surface area contributed by atoms with Gasteiger partial charge in [0.05, 0.1) is 5.52 Å². The zero-order valence-corrected chi connectivity index (χ0v) is 19.7. The molecule has 5 N–H and O–H groups in total. The van der Waals surface area contributed by atoms with Crippen molar-refractivity contribution in [1.82, 2.24) is 14.1 Å². The number of fused-ring (bicyclic) bond motifs is 1. The van der Waals surface area contributed by atoms with Gasteiger partial charge in [0.25, 0.3) is 0 Å². The fraction of sp³-hybridized carbons (Fsp3) is 0.545. The summed E-state index contributed by atoms with van der Waals surface area (Å²) in [6.45, 7) is 3.97. The number of primary amides is 1. The Bertz CT molecular complexity index is 1000. The van der Waals surface area contributed by atoms with Crippen LogP contribution in [0.3, 0.4) is 0 Å². The molecule has 1 aromatic carbocycles. The molecule has 2 rings (SSSR count). The molecule has 0 fully saturated rings. The highest BCUT2D eigenvalue weighted by Crippen LogP contribution is 2.21. The molecule has 0 aliphatic heterocycles. The number of nitrogens with two attached hydrogens (primary N) is 1. The van der Waals surface area contributed by atoms with Crippen molar-refractivity contribution in [2.45, 2.75) is 77.7 Å². The van der Waals surface area contributed by atoms with Gasteiger partial charge in [0, 0.05) is 24.0 Å². The first-order valence-corrected chi connectivity index (χ1v) is 12.7. The molecular formula is C22H35N5O4S. The maximum absolute atomic E-state index is 12.3. The minimum Gasteiger partial charge on any atom is -0.350 e. The van der Waals surface area contributed by atoms with Gasteiger partial charge in [-0.15, -0.1) is 0 Å². The summed E-state index contributed by atoms with van der Waals surface area (Å²) in [6.07, 6.45) is 9.53. The molecular weight excluding hydrogens is 430 g/mol. The standard InChI is InChI=1S/C22H35N5O4S/c1-3-4-5-6-7-8-11-17(2)25-32(30,31)26-21(28)15-14-18-16-27(24-22(23)29)20-13-10-9-12-19(18)20/h9-10,12-13,16-17,25H,3-8,11,14-15H2,1-2H3,(H,26,28)(H3,23,24,29). The quantitative estimate of drug-likeness (QED) is 0.318. The fourth-order valence-corrected chi connectivity index (χ4v) is 4.80. The third-order valence-corrected chi connectivity index (χ3v) is 6.45. The van der Waals surface area contributed by atoms with Gasteiger partial charge in [-0.05, 0) is 31.4 Å². The number of hydrogen-bond donors (Lipinski definition) is 4. The van der Waals surface area contributed by atoms with Crippen LogP contribution in [-0.4, -0.2) is 31.1 Å². The molecule has 1 heterocycles. The van der Waals surface area contributed by atoms with Crippen molar-refractivity contribution in [3.05, 3.63) is 36.0 Å². The Hall–Kier alpha value is -2.59. The molecule has 0 aliphatic carbocycles. The van der Waals surface area contributed by atoms with Gasteiger partial charge in [-0.25, -0.2) is 14.9 Å². The molecule has 0 aliphatic rings. The SMILES string of the molecule is CCCCCCCCC(C)NS(=O)(=O)NC(=O)CCc1cn(NC(N)=O)c2ccccc12. The topological polar surface area (TPSA) is 135 Å². The number of urea groups is 1. The molecule has 0 bridgehead atoms. The summed E-state index contributed by atoms with van der Waals surface area (Å²) < 4.78 is 30.6. The van der Waals surface area contributed by atoms with Gasteiger partial charge in [-0.3, -0.25) is 9.47 Å². The number of aromatic nitrogens is 1. The van der Waals surface area contributed by atoms with Crippen LogP contribution in [-0.2, 0) is 21.4 Å². The predicted octanol–water partition coefficient (Wildman–Crippen LogP) is 3.29. The van der Waals surface area contributed by atoms with Gasteiger partial charge in [0.2, 0.25) is 5.91 Å². The summed E-state index contributed by atoms with van der Waals surface area (Å²) in [4.78, 5) is 23.5. The maximum atomic E-state index is 12.3. The maximum Gasteiger partial charge on any atom is 0.331 e. The number of nitrogens with zero attached hydrogens (tertiary/aromatic N) is 1. The molecule has 178 valence electrons. The molecule has 1 unspecified atom stereocenters. The summed E-state index contributed by atoms with van der Waals surface area (Å²) in [5, 5.41) is 0.850. The van der Waals surface area contributed by atoms with E-state index in [0.29, 0.717) is 6.42 Å². The van der Waals surface area contributed by atoms with Crippen molar-refractivity contribution in [3.8, 4) is 0 Å². The molecule has 0 saturated carbocycles. The first kappa shape index (κ1) is 25.7. The summed E-state index contributed by atoms with van der Waals surface area (Å²) in [7, 11) is -3.92. The van der Waals surface area contributed by atoms with Gasteiger partial charge in [0.1, 0.15) is 0 Å². The second kappa shape index (κ2) is 12.4. The Balaban J connectivity index is 1.84. The second-order valence-corrected chi connectivity index (χ2v) is 9.57. The molecule has 10 heteroatoms. The number of benzene rings is 1. The lowest BCUT2D eigenvalue weighted by atomic mass is 10.1. The average Bonchev–Trinajstić information content (AvgIpc) is 3.05. The highest BCUT2D eigenvalue weighted by Gasteiger charge is 2.18. The molecule has 1 atom stereocenters. The lowest BCUT2D eigenvalue weighted by Gasteiger charge is -2.14.